The van der Waals surface area contributed by atoms with Crippen molar-refractivity contribution < 1.29 is 24.0 Å². The van der Waals surface area contributed by atoms with Crippen LogP contribution in [0.1, 0.15) is 54.9 Å². The number of ether oxygens (including phenoxy) is 1. The molecule has 8 heteroatoms. The highest BCUT2D eigenvalue weighted by atomic mass is 16.6. The molecule has 26 heavy (non-hydrogen) atoms. The predicted molar refractivity (Wildman–Crippen MR) is 92.7 cm³/mol. The summed E-state index contributed by atoms with van der Waals surface area (Å²) in [7, 11) is 0. The van der Waals surface area contributed by atoms with Crippen LogP contribution >= 0.6 is 0 Å². The van der Waals surface area contributed by atoms with Crippen LogP contribution < -0.4 is 0 Å². The van der Waals surface area contributed by atoms with Crippen LogP contribution in [0.4, 0.5) is 5.69 Å². The highest BCUT2D eigenvalue weighted by Gasteiger charge is 2.23. The number of benzene rings is 1. The molecule has 136 valence electrons. The van der Waals surface area contributed by atoms with Crippen molar-refractivity contribution in [2.45, 2.75) is 27.7 Å². The number of nitro benzene ring substituents is 1. The van der Waals surface area contributed by atoms with Crippen LogP contribution in [0.15, 0.2) is 18.2 Å². The molecule has 0 aliphatic carbocycles. The third-order valence-corrected chi connectivity index (χ3v) is 4.12. The monoisotopic (exact) mass is 358 g/mol. The Bertz CT molecular complexity index is 926. The lowest BCUT2D eigenvalue weighted by atomic mass is 10.1. The molecule has 0 radical (unpaired) electrons. The minimum Gasteiger partial charge on any atom is -0.454 e. The average Bonchev–Trinajstić information content (AvgIpc) is 2.86. The van der Waals surface area contributed by atoms with Crippen molar-refractivity contribution in [3.63, 3.8) is 0 Å². The lowest BCUT2D eigenvalue weighted by Gasteiger charge is -2.07. The largest absolute Gasteiger partial charge is 0.454 e. The molecule has 0 saturated heterocycles. The van der Waals surface area contributed by atoms with Crippen molar-refractivity contribution in [3.05, 3.63) is 62.0 Å². The number of hydrogen-bond donors (Lipinski definition) is 1. The Morgan fingerprint density at radius 2 is 1.81 bits per heavy atom. The molecular weight excluding hydrogens is 340 g/mol. The van der Waals surface area contributed by atoms with Crippen molar-refractivity contribution in [1.82, 2.24) is 4.98 Å². The van der Waals surface area contributed by atoms with Crippen molar-refractivity contribution in [2.75, 3.05) is 6.61 Å². The molecule has 0 aliphatic rings. The standard InChI is InChI=1S/C18H18N2O6/c1-9-13(6-5-7-14(9)20(24)25)18(23)26-8-15(22)17-10(2)16(12(4)21)11(3)19-17/h5-7,19H,8H2,1-4H3. The maximum atomic E-state index is 12.3. The molecule has 0 aliphatic heterocycles. The number of aromatic nitrogens is 1. The normalized spacial score (nSPS) is 10.5. The Labute approximate surface area is 149 Å². The highest BCUT2D eigenvalue weighted by Crippen LogP contribution is 2.22. The van der Waals surface area contributed by atoms with E-state index in [0.29, 0.717) is 16.8 Å². The van der Waals surface area contributed by atoms with Gasteiger partial charge in [-0.05, 0) is 39.3 Å². The van der Waals surface area contributed by atoms with E-state index in [0.717, 1.165) is 0 Å². The van der Waals surface area contributed by atoms with Gasteiger partial charge in [-0.2, -0.15) is 0 Å². The van der Waals surface area contributed by atoms with E-state index in [1.807, 2.05) is 0 Å². The SMILES string of the molecule is CC(=O)c1c(C)[nH]c(C(=O)COC(=O)c2cccc([N+](=O)[O-])c2C)c1C. The quantitative estimate of drug-likeness (QED) is 0.367. The number of carbonyl (C=O) groups excluding carboxylic acids is 3. The maximum absolute atomic E-state index is 12.3. The fourth-order valence-corrected chi connectivity index (χ4v) is 2.88. The fraction of sp³-hybridized carbons (Fsp3) is 0.278. The van der Waals surface area contributed by atoms with Gasteiger partial charge in [0.25, 0.3) is 5.69 Å². The number of aryl methyl sites for hydroxylation is 1. The first-order valence-electron chi connectivity index (χ1n) is 7.79. The second-order valence-corrected chi connectivity index (χ2v) is 5.89. The molecule has 0 amide bonds. The van der Waals surface area contributed by atoms with Crippen LogP contribution in [0.5, 0.6) is 0 Å². The Kier molecular flexibility index (Phi) is 5.35. The number of H-pyrrole nitrogens is 1. The van der Waals surface area contributed by atoms with E-state index in [9.17, 15) is 24.5 Å². The Hall–Kier alpha value is -3.29. The molecule has 0 spiro atoms. The number of hydrogen-bond acceptors (Lipinski definition) is 6. The molecule has 1 aromatic carbocycles. The minimum absolute atomic E-state index is 0.0239. The first-order valence-corrected chi connectivity index (χ1v) is 7.79. The Morgan fingerprint density at radius 3 is 2.35 bits per heavy atom. The van der Waals surface area contributed by atoms with Crippen molar-refractivity contribution >= 4 is 23.2 Å². The first-order chi connectivity index (χ1) is 12.1. The summed E-state index contributed by atoms with van der Waals surface area (Å²) in [6.45, 7) is 5.62. The summed E-state index contributed by atoms with van der Waals surface area (Å²) in [5.74, 6) is -1.48. The number of esters is 1. The number of nitrogens with zero attached hydrogens (tertiary/aromatic N) is 1. The summed E-state index contributed by atoms with van der Waals surface area (Å²) in [6, 6.07) is 4.06. The van der Waals surface area contributed by atoms with Crippen molar-refractivity contribution in [1.29, 1.82) is 0 Å². The molecule has 1 aromatic heterocycles. The number of aromatic amines is 1. The third kappa shape index (κ3) is 3.53. The third-order valence-electron chi connectivity index (χ3n) is 4.12. The van der Waals surface area contributed by atoms with Crippen LogP contribution in [-0.4, -0.2) is 34.0 Å². The summed E-state index contributed by atoms with van der Waals surface area (Å²) in [5, 5.41) is 10.9. The van der Waals surface area contributed by atoms with Crippen molar-refractivity contribution in [3.8, 4) is 0 Å². The molecule has 2 rings (SSSR count). The zero-order valence-corrected chi connectivity index (χ0v) is 14.8. The van der Waals surface area contributed by atoms with E-state index in [-0.39, 0.29) is 28.3 Å². The van der Waals surface area contributed by atoms with E-state index in [4.69, 9.17) is 4.74 Å². The minimum atomic E-state index is -0.827. The molecule has 8 nitrogen and oxygen atoms in total. The van der Waals surface area contributed by atoms with E-state index in [2.05, 4.69) is 4.98 Å². The summed E-state index contributed by atoms with van der Waals surface area (Å²) in [6.07, 6.45) is 0. The van der Waals surface area contributed by atoms with Gasteiger partial charge in [0.15, 0.2) is 12.4 Å². The van der Waals surface area contributed by atoms with Gasteiger partial charge < -0.3 is 9.72 Å². The van der Waals surface area contributed by atoms with Crippen LogP contribution in [0.25, 0.3) is 0 Å². The molecular formula is C18H18N2O6. The van der Waals surface area contributed by atoms with Gasteiger partial charge >= 0.3 is 5.97 Å². The van der Waals surface area contributed by atoms with Gasteiger partial charge in [-0.25, -0.2) is 4.79 Å². The smallest absolute Gasteiger partial charge is 0.339 e. The van der Waals surface area contributed by atoms with Gasteiger partial charge in [0.05, 0.1) is 16.2 Å². The molecule has 1 heterocycles. The van der Waals surface area contributed by atoms with Crippen LogP contribution in [0, 0.1) is 30.9 Å². The number of nitro groups is 1. The molecule has 1 N–H and O–H groups in total. The van der Waals surface area contributed by atoms with E-state index in [1.54, 1.807) is 13.8 Å². The lowest BCUT2D eigenvalue weighted by molar-refractivity contribution is -0.385. The first kappa shape index (κ1) is 19.0. The van der Waals surface area contributed by atoms with Crippen LogP contribution in [0.3, 0.4) is 0 Å². The number of rotatable bonds is 6. The van der Waals surface area contributed by atoms with E-state index in [1.165, 1.54) is 32.0 Å². The summed E-state index contributed by atoms with van der Waals surface area (Å²) < 4.78 is 5.01. The predicted octanol–water partition coefficient (Wildman–Crippen LogP) is 3.09. The van der Waals surface area contributed by atoms with Gasteiger partial charge in [-0.15, -0.1) is 0 Å². The molecule has 0 bridgehead atoms. The van der Waals surface area contributed by atoms with Gasteiger partial charge in [0, 0.05) is 22.9 Å². The van der Waals surface area contributed by atoms with Crippen LogP contribution in [0.2, 0.25) is 0 Å². The van der Waals surface area contributed by atoms with E-state index >= 15 is 0 Å². The second kappa shape index (κ2) is 7.30. The summed E-state index contributed by atoms with van der Waals surface area (Å²) in [5.41, 5.74) is 1.71. The zero-order valence-electron chi connectivity index (χ0n) is 14.8. The highest BCUT2D eigenvalue weighted by molar-refractivity contribution is 6.04. The van der Waals surface area contributed by atoms with Crippen molar-refractivity contribution in [2.24, 2.45) is 0 Å². The summed E-state index contributed by atoms with van der Waals surface area (Å²) >= 11 is 0. The zero-order chi connectivity index (χ0) is 19.6. The fourth-order valence-electron chi connectivity index (χ4n) is 2.88. The summed E-state index contributed by atoms with van der Waals surface area (Å²) in [4.78, 5) is 49.3. The van der Waals surface area contributed by atoms with E-state index < -0.39 is 23.3 Å². The van der Waals surface area contributed by atoms with Crippen LogP contribution in [-0.2, 0) is 4.74 Å². The number of Topliss-reactive ketones (excluding diaryl/α,β-unsaturated/α-hetero) is 2. The number of nitrogens with one attached hydrogen (secondary N) is 1. The Morgan fingerprint density at radius 1 is 1.15 bits per heavy atom. The topological polar surface area (TPSA) is 119 Å². The molecule has 0 saturated carbocycles. The van der Waals surface area contributed by atoms with Gasteiger partial charge in [0.1, 0.15) is 0 Å². The average molecular weight is 358 g/mol. The Balaban J connectivity index is 2.17. The van der Waals surface area contributed by atoms with Gasteiger partial charge in [-0.1, -0.05) is 6.07 Å². The number of ketones is 2. The van der Waals surface area contributed by atoms with Gasteiger partial charge in [-0.3, -0.25) is 19.7 Å². The molecule has 0 fully saturated rings. The molecule has 2 aromatic rings. The lowest BCUT2D eigenvalue weighted by Crippen LogP contribution is -2.16. The number of carbonyl (C=O) groups is 3. The maximum Gasteiger partial charge on any atom is 0.339 e. The van der Waals surface area contributed by atoms with Gasteiger partial charge in [0.2, 0.25) is 5.78 Å². The second-order valence-electron chi connectivity index (χ2n) is 5.89. The molecule has 0 unspecified atom stereocenters. The molecule has 0 atom stereocenters.